The second kappa shape index (κ2) is 5.68. The van der Waals surface area contributed by atoms with E-state index in [9.17, 15) is 9.59 Å². The molecule has 1 N–H and O–H groups in total. The summed E-state index contributed by atoms with van der Waals surface area (Å²) in [4.78, 5) is 37.5. The molecule has 3 heterocycles. The fourth-order valence-corrected chi connectivity index (χ4v) is 4.76. The lowest BCUT2D eigenvalue weighted by Gasteiger charge is -2.47. The van der Waals surface area contributed by atoms with Crippen LogP contribution in [-0.2, 0) is 34.4 Å². The maximum absolute atomic E-state index is 13.4. The average Bonchev–Trinajstić information content (AvgIpc) is 3.25. The fourth-order valence-electron chi connectivity index (χ4n) is 4.76. The molecule has 1 aromatic carbocycles. The van der Waals surface area contributed by atoms with Gasteiger partial charge >= 0.3 is 0 Å². The Morgan fingerprint density at radius 2 is 2.04 bits per heavy atom. The van der Waals surface area contributed by atoms with E-state index in [0.717, 1.165) is 42.0 Å². The Labute approximate surface area is 158 Å². The van der Waals surface area contributed by atoms with Gasteiger partial charge in [0, 0.05) is 30.4 Å². The number of fused-ring (bicyclic) bond motifs is 3. The predicted molar refractivity (Wildman–Crippen MR) is 101 cm³/mol. The van der Waals surface area contributed by atoms with Crippen LogP contribution in [0.1, 0.15) is 43.0 Å². The Balaban J connectivity index is 1.44. The molecule has 5 rings (SSSR count). The third-order valence-corrected chi connectivity index (χ3v) is 6.15. The van der Waals surface area contributed by atoms with Crippen LogP contribution in [0.5, 0.6) is 0 Å². The van der Waals surface area contributed by atoms with E-state index in [0.29, 0.717) is 19.6 Å². The minimum atomic E-state index is -0.587. The summed E-state index contributed by atoms with van der Waals surface area (Å²) in [5.41, 5.74) is 3.78. The van der Waals surface area contributed by atoms with Crippen LogP contribution in [0, 0.1) is 5.92 Å². The summed E-state index contributed by atoms with van der Waals surface area (Å²) in [7, 11) is 0. The van der Waals surface area contributed by atoms with Crippen molar-refractivity contribution in [2.24, 2.45) is 5.92 Å². The lowest BCUT2D eigenvalue weighted by molar-refractivity contribution is -0.146. The van der Waals surface area contributed by atoms with Crippen molar-refractivity contribution in [3.05, 3.63) is 47.0 Å². The number of aromatic amines is 1. The minimum Gasteiger partial charge on any atom is -0.344 e. The monoisotopic (exact) mass is 364 g/mol. The molecule has 27 heavy (non-hydrogen) atoms. The van der Waals surface area contributed by atoms with Crippen LogP contribution < -0.4 is 4.90 Å². The van der Waals surface area contributed by atoms with E-state index in [1.807, 2.05) is 47.9 Å². The number of rotatable bonds is 3. The molecule has 1 spiro atoms. The number of anilines is 1. The van der Waals surface area contributed by atoms with Crippen molar-refractivity contribution >= 4 is 17.5 Å². The molecule has 0 atom stereocenters. The number of likely N-dealkylation sites (tertiary alicyclic amines) is 1. The molecule has 3 aliphatic rings. The van der Waals surface area contributed by atoms with Crippen molar-refractivity contribution in [1.82, 2.24) is 14.9 Å². The standard InChI is InChI=1S/C21H24N4O2/c1-13(2)19(26)24-11-21(12-24)14-6-3-4-9-17(14)25(20(21)27)10-18-22-15-7-5-8-16(15)23-18/h3-4,6,9,13H,5,7-8,10-12H2,1-2H3,(H,22,23). The molecular weight excluding hydrogens is 340 g/mol. The lowest BCUT2D eigenvalue weighted by atomic mass is 9.74. The molecule has 2 amide bonds. The maximum Gasteiger partial charge on any atom is 0.241 e. The number of imidazole rings is 1. The van der Waals surface area contributed by atoms with Crippen molar-refractivity contribution in [2.45, 2.75) is 45.1 Å². The van der Waals surface area contributed by atoms with Crippen molar-refractivity contribution in [3.63, 3.8) is 0 Å². The topological polar surface area (TPSA) is 69.3 Å². The van der Waals surface area contributed by atoms with Gasteiger partial charge in [-0.15, -0.1) is 0 Å². The third kappa shape index (κ3) is 2.28. The van der Waals surface area contributed by atoms with Crippen LogP contribution >= 0.6 is 0 Å². The quantitative estimate of drug-likeness (QED) is 0.908. The summed E-state index contributed by atoms with van der Waals surface area (Å²) >= 11 is 0. The van der Waals surface area contributed by atoms with Gasteiger partial charge in [-0.3, -0.25) is 9.59 Å². The summed E-state index contributed by atoms with van der Waals surface area (Å²) in [5, 5.41) is 0. The summed E-state index contributed by atoms with van der Waals surface area (Å²) in [6.45, 7) is 5.22. The van der Waals surface area contributed by atoms with Gasteiger partial charge < -0.3 is 14.8 Å². The predicted octanol–water partition coefficient (Wildman–Crippen LogP) is 2.18. The van der Waals surface area contributed by atoms with Crippen LogP contribution in [0.15, 0.2) is 24.3 Å². The van der Waals surface area contributed by atoms with Gasteiger partial charge in [0.15, 0.2) is 0 Å². The van der Waals surface area contributed by atoms with Gasteiger partial charge in [0.2, 0.25) is 11.8 Å². The Morgan fingerprint density at radius 1 is 1.26 bits per heavy atom. The number of H-pyrrole nitrogens is 1. The molecule has 0 saturated carbocycles. The molecule has 2 aliphatic heterocycles. The number of benzene rings is 1. The van der Waals surface area contributed by atoms with Crippen LogP contribution in [-0.4, -0.2) is 39.8 Å². The molecule has 0 bridgehead atoms. The SMILES string of the molecule is CC(C)C(=O)N1CC2(C1)C(=O)N(Cc1nc3c([nH]1)CCC3)c1ccccc12. The van der Waals surface area contributed by atoms with E-state index in [1.54, 1.807) is 0 Å². The molecule has 2 aromatic rings. The number of nitrogens with zero attached hydrogens (tertiary/aromatic N) is 3. The molecular formula is C21H24N4O2. The van der Waals surface area contributed by atoms with E-state index in [4.69, 9.17) is 4.98 Å². The zero-order chi connectivity index (χ0) is 18.8. The van der Waals surface area contributed by atoms with E-state index >= 15 is 0 Å². The Hall–Kier alpha value is -2.63. The number of carbonyl (C=O) groups is 2. The second-order valence-corrected chi connectivity index (χ2v) is 8.30. The number of nitrogens with one attached hydrogen (secondary N) is 1. The Bertz CT molecular complexity index is 918. The molecule has 1 fully saturated rings. The molecule has 6 heteroatoms. The smallest absolute Gasteiger partial charge is 0.241 e. The van der Waals surface area contributed by atoms with Crippen molar-refractivity contribution in [3.8, 4) is 0 Å². The van der Waals surface area contributed by atoms with Crippen molar-refractivity contribution in [1.29, 1.82) is 0 Å². The largest absolute Gasteiger partial charge is 0.344 e. The van der Waals surface area contributed by atoms with E-state index in [-0.39, 0.29) is 17.7 Å². The molecule has 1 aliphatic carbocycles. The summed E-state index contributed by atoms with van der Waals surface area (Å²) in [6, 6.07) is 7.99. The summed E-state index contributed by atoms with van der Waals surface area (Å²) in [6.07, 6.45) is 3.22. The highest BCUT2D eigenvalue weighted by molar-refractivity contribution is 6.10. The van der Waals surface area contributed by atoms with E-state index in [2.05, 4.69) is 4.98 Å². The molecule has 1 saturated heterocycles. The van der Waals surface area contributed by atoms with E-state index in [1.165, 1.54) is 5.69 Å². The van der Waals surface area contributed by atoms with Crippen molar-refractivity contribution < 1.29 is 9.59 Å². The van der Waals surface area contributed by atoms with Gasteiger partial charge in [-0.25, -0.2) is 4.98 Å². The van der Waals surface area contributed by atoms with Crippen LogP contribution in [0.25, 0.3) is 0 Å². The molecule has 6 nitrogen and oxygen atoms in total. The maximum atomic E-state index is 13.4. The fraction of sp³-hybridized carbons (Fsp3) is 0.476. The first-order chi connectivity index (χ1) is 13.0. The highest BCUT2D eigenvalue weighted by atomic mass is 16.2. The number of hydrogen-bond donors (Lipinski definition) is 1. The first kappa shape index (κ1) is 16.5. The highest BCUT2D eigenvalue weighted by Gasteiger charge is 2.59. The Kier molecular flexibility index (Phi) is 3.48. The van der Waals surface area contributed by atoms with Crippen LogP contribution in [0.3, 0.4) is 0 Å². The minimum absolute atomic E-state index is 0.0456. The van der Waals surface area contributed by atoms with Gasteiger partial charge in [0.05, 0.1) is 12.2 Å². The molecule has 1 aromatic heterocycles. The molecule has 140 valence electrons. The van der Waals surface area contributed by atoms with Gasteiger partial charge in [-0.05, 0) is 30.9 Å². The third-order valence-electron chi connectivity index (χ3n) is 6.15. The summed E-state index contributed by atoms with van der Waals surface area (Å²) < 4.78 is 0. The zero-order valence-electron chi connectivity index (χ0n) is 15.8. The number of amides is 2. The summed E-state index contributed by atoms with van der Waals surface area (Å²) in [5.74, 6) is 1.02. The Morgan fingerprint density at radius 3 is 2.78 bits per heavy atom. The average molecular weight is 364 g/mol. The number of aromatic nitrogens is 2. The first-order valence-corrected chi connectivity index (χ1v) is 9.76. The second-order valence-electron chi connectivity index (χ2n) is 8.30. The van der Waals surface area contributed by atoms with Gasteiger partial charge in [0.25, 0.3) is 0 Å². The number of para-hydroxylation sites is 1. The normalized spacial score (nSPS) is 19.6. The first-order valence-electron chi connectivity index (χ1n) is 9.76. The van der Waals surface area contributed by atoms with Gasteiger partial charge in [-0.2, -0.15) is 0 Å². The van der Waals surface area contributed by atoms with E-state index < -0.39 is 5.41 Å². The lowest BCUT2D eigenvalue weighted by Crippen LogP contribution is -2.65. The van der Waals surface area contributed by atoms with Gasteiger partial charge in [0.1, 0.15) is 11.2 Å². The van der Waals surface area contributed by atoms with Crippen LogP contribution in [0.2, 0.25) is 0 Å². The molecule has 0 unspecified atom stereocenters. The number of aryl methyl sites for hydroxylation is 2. The van der Waals surface area contributed by atoms with Crippen LogP contribution in [0.4, 0.5) is 5.69 Å². The number of hydrogen-bond acceptors (Lipinski definition) is 3. The zero-order valence-corrected chi connectivity index (χ0v) is 15.8. The number of carbonyl (C=O) groups excluding carboxylic acids is 2. The highest BCUT2D eigenvalue weighted by Crippen LogP contribution is 2.48. The molecule has 0 radical (unpaired) electrons. The van der Waals surface area contributed by atoms with Gasteiger partial charge in [-0.1, -0.05) is 32.0 Å². The van der Waals surface area contributed by atoms with Crippen molar-refractivity contribution in [2.75, 3.05) is 18.0 Å².